The van der Waals surface area contributed by atoms with Crippen LogP contribution in [0, 0.1) is 12.7 Å². The van der Waals surface area contributed by atoms with Crippen molar-refractivity contribution in [3.05, 3.63) is 47.5 Å². The van der Waals surface area contributed by atoms with Crippen LogP contribution in [0.1, 0.15) is 30.7 Å². The number of halogens is 1. The van der Waals surface area contributed by atoms with Crippen molar-refractivity contribution in [1.82, 2.24) is 9.97 Å². The molecule has 0 spiro atoms. The highest BCUT2D eigenvalue weighted by atomic mass is 19.1. The predicted octanol–water partition coefficient (Wildman–Crippen LogP) is 3.36. The smallest absolute Gasteiger partial charge is 0.152 e. The summed E-state index contributed by atoms with van der Waals surface area (Å²) < 4.78 is 12.9. The minimum absolute atomic E-state index is 0.257. The van der Waals surface area contributed by atoms with Crippen LogP contribution in [0.3, 0.4) is 0 Å². The van der Waals surface area contributed by atoms with E-state index in [9.17, 15) is 4.39 Å². The summed E-state index contributed by atoms with van der Waals surface area (Å²) in [6.07, 6.45) is 5.33. The van der Waals surface area contributed by atoms with Gasteiger partial charge < -0.3 is 4.90 Å². The van der Waals surface area contributed by atoms with Crippen molar-refractivity contribution in [2.24, 2.45) is 5.10 Å². The van der Waals surface area contributed by atoms with Gasteiger partial charge in [0.2, 0.25) is 0 Å². The first-order valence-electron chi connectivity index (χ1n) is 7.86. The molecule has 6 heteroatoms. The van der Waals surface area contributed by atoms with Crippen molar-refractivity contribution in [1.29, 1.82) is 0 Å². The summed E-state index contributed by atoms with van der Waals surface area (Å²) in [5, 5.41) is 4.16. The minimum Gasteiger partial charge on any atom is -0.356 e. The van der Waals surface area contributed by atoms with Gasteiger partial charge in [0.05, 0.1) is 6.21 Å². The van der Waals surface area contributed by atoms with Crippen molar-refractivity contribution < 1.29 is 4.39 Å². The molecule has 1 N–H and O–H groups in total. The average Bonchev–Trinajstić information content (AvgIpc) is 2.57. The zero-order valence-corrected chi connectivity index (χ0v) is 13.2. The van der Waals surface area contributed by atoms with Crippen LogP contribution in [0.25, 0.3) is 0 Å². The fourth-order valence-electron chi connectivity index (χ4n) is 2.62. The molecule has 1 aromatic heterocycles. The van der Waals surface area contributed by atoms with Gasteiger partial charge in [-0.2, -0.15) is 5.10 Å². The molecule has 0 unspecified atom stereocenters. The number of hydrazone groups is 1. The Morgan fingerprint density at radius 3 is 2.61 bits per heavy atom. The maximum absolute atomic E-state index is 12.9. The molecule has 0 bridgehead atoms. The molecule has 0 atom stereocenters. The van der Waals surface area contributed by atoms with E-state index in [0.717, 1.165) is 24.5 Å². The van der Waals surface area contributed by atoms with E-state index in [0.29, 0.717) is 11.6 Å². The van der Waals surface area contributed by atoms with Gasteiger partial charge in [0.1, 0.15) is 17.5 Å². The van der Waals surface area contributed by atoms with E-state index in [1.54, 1.807) is 18.3 Å². The van der Waals surface area contributed by atoms with Gasteiger partial charge in [-0.05, 0) is 43.9 Å². The van der Waals surface area contributed by atoms with Gasteiger partial charge in [-0.15, -0.1) is 0 Å². The molecule has 120 valence electrons. The van der Waals surface area contributed by atoms with Gasteiger partial charge >= 0.3 is 0 Å². The molecule has 0 aliphatic carbocycles. The Bertz CT molecular complexity index is 678. The Morgan fingerprint density at radius 2 is 1.87 bits per heavy atom. The van der Waals surface area contributed by atoms with Gasteiger partial charge in [0.25, 0.3) is 0 Å². The van der Waals surface area contributed by atoms with E-state index in [1.165, 1.54) is 31.4 Å². The Labute approximate surface area is 135 Å². The number of piperidine rings is 1. The van der Waals surface area contributed by atoms with E-state index >= 15 is 0 Å². The second kappa shape index (κ2) is 7.17. The summed E-state index contributed by atoms with van der Waals surface area (Å²) in [6, 6.07) is 8.07. The third-order valence-corrected chi connectivity index (χ3v) is 3.77. The topological polar surface area (TPSA) is 53.4 Å². The molecule has 0 saturated carbocycles. The van der Waals surface area contributed by atoms with E-state index in [2.05, 4.69) is 25.4 Å². The molecule has 0 radical (unpaired) electrons. The summed E-state index contributed by atoms with van der Waals surface area (Å²) in [5.74, 6) is 2.06. The Balaban J connectivity index is 1.69. The molecular formula is C17H20FN5. The SMILES string of the molecule is Cc1nc(NN=Cc2ccc(F)cc2)cc(N2CCCCC2)n1. The molecule has 5 nitrogen and oxygen atoms in total. The van der Waals surface area contributed by atoms with Crippen LogP contribution in [0.5, 0.6) is 0 Å². The standard InChI is InChI=1S/C17H20FN5/c1-13-20-16(11-17(21-13)23-9-3-2-4-10-23)22-19-12-14-5-7-15(18)8-6-14/h5-8,11-12H,2-4,9-10H2,1H3,(H,20,21,22). The first kappa shape index (κ1) is 15.4. The summed E-state index contributed by atoms with van der Waals surface area (Å²) in [6.45, 7) is 3.95. The maximum atomic E-state index is 12.9. The largest absolute Gasteiger partial charge is 0.356 e. The summed E-state index contributed by atoms with van der Waals surface area (Å²) in [5.41, 5.74) is 3.75. The Morgan fingerprint density at radius 1 is 1.13 bits per heavy atom. The number of benzene rings is 1. The monoisotopic (exact) mass is 313 g/mol. The fourth-order valence-corrected chi connectivity index (χ4v) is 2.62. The highest BCUT2D eigenvalue weighted by Gasteiger charge is 2.13. The van der Waals surface area contributed by atoms with Crippen LogP contribution in [0.2, 0.25) is 0 Å². The molecule has 2 aromatic rings. The van der Waals surface area contributed by atoms with Crippen molar-refractivity contribution in [2.75, 3.05) is 23.4 Å². The third-order valence-electron chi connectivity index (χ3n) is 3.77. The quantitative estimate of drug-likeness (QED) is 0.694. The average molecular weight is 313 g/mol. The number of rotatable bonds is 4. The highest BCUT2D eigenvalue weighted by molar-refractivity contribution is 5.80. The van der Waals surface area contributed by atoms with Crippen molar-refractivity contribution in [2.45, 2.75) is 26.2 Å². The molecule has 1 aliphatic heterocycles. The Hall–Kier alpha value is -2.50. The number of anilines is 2. The van der Waals surface area contributed by atoms with E-state index in [4.69, 9.17) is 0 Å². The van der Waals surface area contributed by atoms with Crippen molar-refractivity contribution >= 4 is 17.9 Å². The molecule has 1 aromatic carbocycles. The molecule has 1 saturated heterocycles. The van der Waals surface area contributed by atoms with Crippen LogP contribution < -0.4 is 10.3 Å². The molecule has 1 fully saturated rings. The van der Waals surface area contributed by atoms with Gasteiger partial charge in [-0.3, -0.25) is 5.43 Å². The number of aromatic nitrogens is 2. The van der Waals surface area contributed by atoms with Crippen LogP contribution in [0.15, 0.2) is 35.4 Å². The molecule has 23 heavy (non-hydrogen) atoms. The van der Waals surface area contributed by atoms with Gasteiger partial charge in [0.15, 0.2) is 5.82 Å². The van der Waals surface area contributed by atoms with Gasteiger partial charge in [-0.1, -0.05) is 12.1 Å². The molecular weight excluding hydrogens is 293 g/mol. The second-order valence-corrected chi connectivity index (χ2v) is 5.63. The lowest BCUT2D eigenvalue weighted by molar-refractivity contribution is 0.572. The number of nitrogens with zero attached hydrogens (tertiary/aromatic N) is 4. The van der Waals surface area contributed by atoms with E-state index in [1.807, 2.05) is 13.0 Å². The van der Waals surface area contributed by atoms with E-state index < -0.39 is 0 Å². The van der Waals surface area contributed by atoms with Crippen LogP contribution in [-0.2, 0) is 0 Å². The number of hydrogen-bond acceptors (Lipinski definition) is 5. The minimum atomic E-state index is -0.257. The summed E-state index contributed by atoms with van der Waals surface area (Å²) in [4.78, 5) is 11.2. The molecule has 1 aliphatic rings. The molecule has 2 heterocycles. The lowest BCUT2D eigenvalue weighted by atomic mass is 10.1. The number of nitrogens with one attached hydrogen (secondary N) is 1. The lowest BCUT2D eigenvalue weighted by Crippen LogP contribution is -2.30. The third kappa shape index (κ3) is 4.25. The zero-order chi connectivity index (χ0) is 16.1. The predicted molar refractivity (Wildman–Crippen MR) is 90.4 cm³/mol. The van der Waals surface area contributed by atoms with Crippen LogP contribution in [0.4, 0.5) is 16.0 Å². The fraction of sp³-hybridized carbons (Fsp3) is 0.353. The lowest BCUT2D eigenvalue weighted by Gasteiger charge is -2.27. The zero-order valence-electron chi connectivity index (χ0n) is 13.2. The normalized spacial score (nSPS) is 15.1. The van der Waals surface area contributed by atoms with Gasteiger partial charge in [-0.25, -0.2) is 14.4 Å². The van der Waals surface area contributed by atoms with Crippen molar-refractivity contribution in [3.63, 3.8) is 0 Å². The van der Waals surface area contributed by atoms with Crippen LogP contribution >= 0.6 is 0 Å². The number of aryl methyl sites for hydroxylation is 1. The summed E-state index contributed by atoms with van der Waals surface area (Å²) >= 11 is 0. The molecule has 3 rings (SSSR count). The van der Waals surface area contributed by atoms with Crippen molar-refractivity contribution in [3.8, 4) is 0 Å². The number of hydrogen-bond donors (Lipinski definition) is 1. The second-order valence-electron chi connectivity index (χ2n) is 5.63. The maximum Gasteiger partial charge on any atom is 0.152 e. The van der Waals surface area contributed by atoms with Crippen LogP contribution in [-0.4, -0.2) is 29.3 Å². The summed E-state index contributed by atoms with van der Waals surface area (Å²) in [7, 11) is 0. The first-order valence-corrected chi connectivity index (χ1v) is 7.86. The van der Waals surface area contributed by atoms with Gasteiger partial charge in [0, 0.05) is 19.2 Å². The first-order chi connectivity index (χ1) is 11.2. The Kier molecular flexibility index (Phi) is 4.80. The van der Waals surface area contributed by atoms with E-state index in [-0.39, 0.29) is 5.82 Å². The highest BCUT2D eigenvalue weighted by Crippen LogP contribution is 2.20. The molecule has 0 amide bonds.